The van der Waals surface area contributed by atoms with E-state index in [-0.39, 0.29) is 30.7 Å². The molecule has 0 saturated heterocycles. The van der Waals surface area contributed by atoms with Gasteiger partial charge in [-0.15, -0.1) is 0 Å². The van der Waals surface area contributed by atoms with Crippen LogP contribution in [0.3, 0.4) is 0 Å². The van der Waals surface area contributed by atoms with Gasteiger partial charge in [-0.05, 0) is 32.4 Å². The van der Waals surface area contributed by atoms with E-state index in [1.165, 1.54) is 6.07 Å². The number of amides is 2. The number of H-pyrrole nitrogens is 1. The first kappa shape index (κ1) is 17.0. The van der Waals surface area contributed by atoms with Crippen molar-refractivity contribution in [3.8, 4) is 0 Å². The van der Waals surface area contributed by atoms with Gasteiger partial charge in [0, 0.05) is 36.1 Å². The van der Waals surface area contributed by atoms with Crippen LogP contribution >= 0.6 is 0 Å². The minimum atomic E-state index is -0.594. The molecule has 6 nitrogen and oxygen atoms in total. The second-order valence-electron chi connectivity index (χ2n) is 5.96. The molecule has 1 aromatic heterocycles. The number of hydrogen-bond donors (Lipinski definition) is 3. The number of para-hydroxylation sites is 1. The van der Waals surface area contributed by atoms with Crippen molar-refractivity contribution < 1.29 is 9.90 Å². The SMILES string of the molecule is CC(O)CN(C(=O)NCc1cc(=O)[nH]c2ccccc12)C(C)C. The third-order valence-electron chi connectivity index (χ3n) is 3.61. The van der Waals surface area contributed by atoms with Crippen LogP contribution in [0.5, 0.6) is 0 Å². The van der Waals surface area contributed by atoms with Crippen molar-refractivity contribution in [2.75, 3.05) is 6.54 Å². The third kappa shape index (κ3) is 4.32. The highest BCUT2D eigenvalue weighted by atomic mass is 16.3. The fourth-order valence-electron chi connectivity index (χ4n) is 2.51. The van der Waals surface area contributed by atoms with E-state index in [9.17, 15) is 14.7 Å². The summed E-state index contributed by atoms with van der Waals surface area (Å²) in [5, 5.41) is 13.2. The number of hydrogen-bond acceptors (Lipinski definition) is 3. The number of aromatic amines is 1. The Hall–Kier alpha value is -2.34. The summed E-state index contributed by atoms with van der Waals surface area (Å²) in [6.07, 6.45) is -0.594. The van der Waals surface area contributed by atoms with Crippen molar-refractivity contribution >= 4 is 16.9 Å². The number of benzene rings is 1. The summed E-state index contributed by atoms with van der Waals surface area (Å²) < 4.78 is 0. The predicted molar refractivity (Wildman–Crippen MR) is 90.3 cm³/mol. The van der Waals surface area contributed by atoms with Gasteiger partial charge in [-0.25, -0.2) is 4.79 Å². The smallest absolute Gasteiger partial charge is 0.317 e. The summed E-state index contributed by atoms with van der Waals surface area (Å²) in [5.41, 5.74) is 1.31. The van der Waals surface area contributed by atoms with Crippen molar-refractivity contribution in [3.63, 3.8) is 0 Å². The van der Waals surface area contributed by atoms with Crippen molar-refractivity contribution in [2.24, 2.45) is 0 Å². The van der Waals surface area contributed by atoms with Gasteiger partial charge >= 0.3 is 6.03 Å². The molecule has 0 saturated carbocycles. The number of fused-ring (bicyclic) bond motifs is 1. The first-order chi connectivity index (χ1) is 10.9. The molecule has 2 rings (SSSR count). The molecule has 0 bridgehead atoms. The predicted octanol–water partition coefficient (Wildman–Crippen LogP) is 1.83. The van der Waals surface area contributed by atoms with Gasteiger partial charge in [-0.1, -0.05) is 18.2 Å². The van der Waals surface area contributed by atoms with Gasteiger partial charge < -0.3 is 20.3 Å². The summed E-state index contributed by atoms with van der Waals surface area (Å²) >= 11 is 0. The molecule has 3 N–H and O–H groups in total. The second kappa shape index (κ2) is 7.28. The minimum Gasteiger partial charge on any atom is -0.392 e. The summed E-state index contributed by atoms with van der Waals surface area (Å²) in [5.74, 6) is 0. The second-order valence-corrected chi connectivity index (χ2v) is 5.96. The van der Waals surface area contributed by atoms with Crippen LogP contribution in [0.15, 0.2) is 35.1 Å². The topological polar surface area (TPSA) is 85.4 Å². The standard InChI is InChI=1S/C17H23N3O3/c1-11(2)20(10-12(3)21)17(23)18-9-13-8-16(22)19-15-7-5-4-6-14(13)15/h4-8,11-12,21H,9-10H2,1-3H3,(H,18,23)(H,19,22). The molecule has 0 radical (unpaired) electrons. The Morgan fingerprint density at radius 2 is 2.00 bits per heavy atom. The molecule has 1 heterocycles. The van der Waals surface area contributed by atoms with E-state index < -0.39 is 6.10 Å². The molecule has 1 atom stereocenters. The average molecular weight is 317 g/mol. The molecule has 6 heteroatoms. The summed E-state index contributed by atoms with van der Waals surface area (Å²) in [4.78, 5) is 28.4. The van der Waals surface area contributed by atoms with Gasteiger partial charge in [-0.2, -0.15) is 0 Å². The van der Waals surface area contributed by atoms with Crippen LogP contribution in [0, 0.1) is 0 Å². The average Bonchev–Trinajstić information content (AvgIpc) is 2.49. The van der Waals surface area contributed by atoms with E-state index in [0.717, 1.165) is 16.5 Å². The van der Waals surface area contributed by atoms with Gasteiger partial charge in [-0.3, -0.25) is 4.79 Å². The normalized spacial score (nSPS) is 12.4. The molecule has 124 valence electrons. The van der Waals surface area contributed by atoms with Crippen LogP contribution in [0.2, 0.25) is 0 Å². The fourth-order valence-corrected chi connectivity index (χ4v) is 2.51. The van der Waals surface area contributed by atoms with Crippen molar-refractivity contribution in [3.05, 3.63) is 46.2 Å². The van der Waals surface area contributed by atoms with E-state index in [0.29, 0.717) is 0 Å². The maximum atomic E-state index is 12.3. The van der Waals surface area contributed by atoms with Gasteiger partial charge in [0.1, 0.15) is 0 Å². The third-order valence-corrected chi connectivity index (χ3v) is 3.61. The Kier molecular flexibility index (Phi) is 5.39. The zero-order valence-corrected chi connectivity index (χ0v) is 13.7. The number of aliphatic hydroxyl groups excluding tert-OH is 1. The summed E-state index contributed by atoms with van der Waals surface area (Å²) in [6.45, 7) is 5.95. The van der Waals surface area contributed by atoms with Crippen LogP contribution in [0.25, 0.3) is 10.9 Å². The largest absolute Gasteiger partial charge is 0.392 e. The first-order valence-electron chi connectivity index (χ1n) is 7.72. The highest BCUT2D eigenvalue weighted by molar-refractivity contribution is 5.82. The molecule has 0 aliphatic carbocycles. The molecule has 2 aromatic rings. The lowest BCUT2D eigenvalue weighted by Crippen LogP contribution is -2.46. The van der Waals surface area contributed by atoms with Crippen LogP contribution < -0.4 is 10.9 Å². The lowest BCUT2D eigenvalue weighted by molar-refractivity contribution is 0.119. The zero-order chi connectivity index (χ0) is 17.0. The number of carbonyl (C=O) groups is 1. The first-order valence-corrected chi connectivity index (χ1v) is 7.72. The number of rotatable bonds is 5. The monoisotopic (exact) mass is 317 g/mol. The van der Waals surface area contributed by atoms with Gasteiger partial charge in [0.2, 0.25) is 5.56 Å². The zero-order valence-electron chi connectivity index (χ0n) is 13.7. The Morgan fingerprint density at radius 3 is 2.65 bits per heavy atom. The summed E-state index contributed by atoms with van der Waals surface area (Å²) in [7, 11) is 0. The maximum Gasteiger partial charge on any atom is 0.317 e. The van der Waals surface area contributed by atoms with E-state index >= 15 is 0 Å². The highest BCUT2D eigenvalue weighted by Gasteiger charge is 2.18. The number of urea groups is 1. The Bertz CT molecular complexity index is 737. The molecule has 0 fully saturated rings. The van der Waals surface area contributed by atoms with Crippen LogP contribution in [0.4, 0.5) is 4.79 Å². The lowest BCUT2D eigenvalue weighted by Gasteiger charge is -2.28. The summed E-state index contributed by atoms with van der Waals surface area (Å²) in [6, 6.07) is 8.69. The highest BCUT2D eigenvalue weighted by Crippen LogP contribution is 2.14. The molecule has 23 heavy (non-hydrogen) atoms. The number of nitrogens with zero attached hydrogens (tertiary/aromatic N) is 1. The van der Waals surface area contributed by atoms with E-state index in [1.54, 1.807) is 11.8 Å². The molecular formula is C17H23N3O3. The molecule has 0 aliphatic rings. The van der Waals surface area contributed by atoms with Gasteiger partial charge in [0.05, 0.1) is 6.10 Å². The fraction of sp³-hybridized carbons (Fsp3) is 0.412. The lowest BCUT2D eigenvalue weighted by atomic mass is 10.1. The number of nitrogens with one attached hydrogen (secondary N) is 2. The quantitative estimate of drug-likeness (QED) is 0.786. The van der Waals surface area contributed by atoms with Crippen LogP contribution in [0.1, 0.15) is 26.3 Å². The number of aromatic nitrogens is 1. The Morgan fingerprint density at radius 1 is 1.30 bits per heavy atom. The number of pyridine rings is 1. The Balaban J connectivity index is 2.17. The van der Waals surface area contributed by atoms with Crippen LogP contribution in [-0.4, -0.2) is 39.7 Å². The van der Waals surface area contributed by atoms with Gasteiger partial charge in [0.15, 0.2) is 0 Å². The van der Waals surface area contributed by atoms with Crippen LogP contribution in [-0.2, 0) is 6.54 Å². The van der Waals surface area contributed by atoms with E-state index in [4.69, 9.17) is 0 Å². The molecule has 0 spiro atoms. The molecule has 0 aliphatic heterocycles. The molecule has 1 aromatic carbocycles. The van der Waals surface area contributed by atoms with Crippen molar-refractivity contribution in [1.29, 1.82) is 0 Å². The molecular weight excluding hydrogens is 294 g/mol. The maximum absolute atomic E-state index is 12.3. The van der Waals surface area contributed by atoms with Crippen molar-refractivity contribution in [1.82, 2.24) is 15.2 Å². The van der Waals surface area contributed by atoms with Crippen molar-refractivity contribution in [2.45, 2.75) is 39.5 Å². The minimum absolute atomic E-state index is 0.0273. The number of aliphatic hydroxyl groups is 1. The van der Waals surface area contributed by atoms with Gasteiger partial charge in [0.25, 0.3) is 0 Å². The Labute approximate surface area is 135 Å². The van der Waals surface area contributed by atoms with E-state index in [1.807, 2.05) is 38.1 Å². The molecule has 1 unspecified atom stereocenters. The molecule has 2 amide bonds. The van der Waals surface area contributed by atoms with E-state index in [2.05, 4.69) is 10.3 Å². The number of carbonyl (C=O) groups excluding carboxylic acids is 1.